The molecule has 0 saturated carbocycles. The molecule has 0 spiro atoms. The first kappa shape index (κ1) is 79.8. The van der Waals surface area contributed by atoms with Crippen LogP contribution in [0.15, 0.2) is 72.9 Å². The van der Waals surface area contributed by atoms with Crippen LogP contribution in [-0.4, -0.2) is 37.2 Å². The van der Waals surface area contributed by atoms with E-state index in [1.54, 1.807) is 0 Å². The Hall–Kier alpha value is -3.15. The Balaban J connectivity index is 4.36. The molecule has 0 amide bonds. The van der Waals surface area contributed by atoms with Gasteiger partial charge in [-0.25, -0.2) is 0 Å². The van der Waals surface area contributed by atoms with Crippen molar-refractivity contribution in [3.05, 3.63) is 72.9 Å². The van der Waals surface area contributed by atoms with Crippen LogP contribution in [0.1, 0.15) is 380 Å². The van der Waals surface area contributed by atoms with E-state index >= 15 is 0 Å². The second-order valence-corrected chi connectivity index (χ2v) is 24.5. The van der Waals surface area contributed by atoms with E-state index in [4.69, 9.17) is 14.2 Å². The molecule has 0 aliphatic carbocycles. The Morgan fingerprint density at radius 2 is 0.434 bits per heavy atom. The maximum absolute atomic E-state index is 13.0. The number of hydrogen-bond acceptors (Lipinski definition) is 6. The number of esters is 3. The molecule has 83 heavy (non-hydrogen) atoms. The summed E-state index contributed by atoms with van der Waals surface area (Å²) in [5, 5.41) is 0. The largest absolute Gasteiger partial charge is 0.462 e. The number of unbranched alkanes of at least 4 members (excludes halogenated alkanes) is 44. The van der Waals surface area contributed by atoms with Crippen LogP contribution in [0, 0.1) is 0 Å². The van der Waals surface area contributed by atoms with Crippen molar-refractivity contribution in [1.82, 2.24) is 0 Å². The Kier molecular flexibility index (Phi) is 68.6. The van der Waals surface area contributed by atoms with Crippen LogP contribution in [0.4, 0.5) is 0 Å². The van der Waals surface area contributed by atoms with Crippen molar-refractivity contribution in [3.8, 4) is 0 Å². The molecule has 0 bridgehead atoms. The molecule has 0 saturated heterocycles. The maximum Gasteiger partial charge on any atom is 0.306 e. The van der Waals surface area contributed by atoms with E-state index in [2.05, 4.69) is 93.7 Å². The van der Waals surface area contributed by atoms with Crippen LogP contribution in [0.5, 0.6) is 0 Å². The molecule has 0 aromatic carbocycles. The monoisotopic (exact) mass is 1160 g/mol. The maximum atomic E-state index is 13.0. The van der Waals surface area contributed by atoms with Gasteiger partial charge in [-0.15, -0.1) is 0 Å². The second-order valence-electron chi connectivity index (χ2n) is 24.5. The van der Waals surface area contributed by atoms with Crippen molar-refractivity contribution in [3.63, 3.8) is 0 Å². The van der Waals surface area contributed by atoms with Crippen molar-refractivity contribution >= 4 is 17.9 Å². The molecule has 0 N–H and O–H groups in total. The lowest BCUT2D eigenvalue weighted by Gasteiger charge is -2.18. The average molecular weight is 1160 g/mol. The molecule has 1 atom stereocenters. The third-order valence-electron chi connectivity index (χ3n) is 16.2. The number of allylic oxidation sites excluding steroid dienone is 12. The number of ether oxygens (including phenoxy) is 3. The summed E-state index contributed by atoms with van der Waals surface area (Å²) in [6, 6.07) is 0. The fraction of sp³-hybridized carbons (Fsp3) is 0.805. The van der Waals surface area contributed by atoms with E-state index in [1.165, 1.54) is 250 Å². The lowest BCUT2D eigenvalue weighted by atomic mass is 10.0. The third kappa shape index (κ3) is 69.5. The first-order valence-electron chi connectivity index (χ1n) is 36.4. The third-order valence-corrected chi connectivity index (χ3v) is 16.2. The van der Waals surface area contributed by atoms with Crippen molar-refractivity contribution in [2.75, 3.05) is 13.2 Å². The summed E-state index contributed by atoms with van der Waals surface area (Å²) in [6.45, 7) is 6.65. The standard InChI is InChI=1S/C77H138O6/c1-4-7-10-13-16-19-22-25-28-31-34-36-37-38-39-41-43-46-49-52-55-58-61-64-67-70-76(79)82-73-74(72-81-75(78)69-66-63-60-57-54-51-48-45-42-33-30-27-24-21-18-15-12-9-6-3)83-77(80)71-68-65-62-59-56-53-50-47-44-40-35-32-29-26-23-20-17-14-11-8-5-2/h18,21,23,26-27,30-32,34-35,44,47,74H,4-17,19-20,22,24-25,28-29,33,36-43,45-46,48-73H2,1-3H3/b21-18-,26-23-,30-27-,34-31-,35-32-,47-44-. The molecule has 0 heterocycles. The number of carbonyl (C=O) groups excluding carboxylic acids is 3. The lowest BCUT2D eigenvalue weighted by Crippen LogP contribution is -2.30. The second kappa shape index (κ2) is 71.3. The molecule has 1 unspecified atom stereocenters. The van der Waals surface area contributed by atoms with Crippen LogP contribution in [0.25, 0.3) is 0 Å². The van der Waals surface area contributed by atoms with Gasteiger partial charge in [0.2, 0.25) is 0 Å². The van der Waals surface area contributed by atoms with E-state index in [0.717, 1.165) is 89.9 Å². The summed E-state index contributed by atoms with van der Waals surface area (Å²) >= 11 is 0. The van der Waals surface area contributed by atoms with Gasteiger partial charge in [-0.2, -0.15) is 0 Å². The summed E-state index contributed by atoms with van der Waals surface area (Å²) in [6.07, 6.45) is 93.5. The summed E-state index contributed by atoms with van der Waals surface area (Å²) in [4.78, 5) is 38.5. The van der Waals surface area contributed by atoms with E-state index in [0.29, 0.717) is 19.3 Å². The summed E-state index contributed by atoms with van der Waals surface area (Å²) in [7, 11) is 0. The summed E-state index contributed by atoms with van der Waals surface area (Å²) < 4.78 is 17.0. The molecule has 0 aromatic heterocycles. The molecule has 0 rings (SSSR count). The minimum atomic E-state index is -0.787. The van der Waals surface area contributed by atoms with Gasteiger partial charge in [0, 0.05) is 19.3 Å². The van der Waals surface area contributed by atoms with E-state index in [-0.39, 0.29) is 31.1 Å². The highest BCUT2D eigenvalue weighted by molar-refractivity contribution is 5.71. The molecule has 0 aliphatic heterocycles. The Morgan fingerprint density at radius 1 is 0.241 bits per heavy atom. The minimum absolute atomic E-state index is 0.0798. The fourth-order valence-electron chi connectivity index (χ4n) is 10.7. The first-order chi connectivity index (χ1) is 41.0. The SMILES string of the molecule is CCCCC/C=C\C/C=C\CCCCCCCCCCCC(=O)OCC(COC(=O)CCCCCCCCCCCCCCC/C=C\CCCCCCCCCC)OC(=O)CCCCCCCC/C=C\C/C=C\C/C=C\CCCCCCC. The van der Waals surface area contributed by atoms with Crippen LogP contribution < -0.4 is 0 Å². The zero-order valence-electron chi connectivity index (χ0n) is 55.5. The molecule has 0 aliphatic rings. The average Bonchev–Trinajstić information content (AvgIpc) is 3.49. The van der Waals surface area contributed by atoms with Gasteiger partial charge in [0.1, 0.15) is 13.2 Å². The quantitative estimate of drug-likeness (QED) is 0.0261. The van der Waals surface area contributed by atoms with Gasteiger partial charge in [0.15, 0.2) is 6.10 Å². The predicted octanol–water partition coefficient (Wildman–Crippen LogP) is 25.2. The smallest absolute Gasteiger partial charge is 0.306 e. The van der Waals surface area contributed by atoms with Crippen molar-refractivity contribution in [2.45, 2.75) is 386 Å². The van der Waals surface area contributed by atoms with Gasteiger partial charge in [-0.1, -0.05) is 318 Å². The first-order valence-corrected chi connectivity index (χ1v) is 36.4. The minimum Gasteiger partial charge on any atom is -0.462 e. The van der Waals surface area contributed by atoms with Crippen molar-refractivity contribution in [1.29, 1.82) is 0 Å². The Morgan fingerprint density at radius 3 is 0.711 bits per heavy atom. The molecular formula is C77H138O6. The number of hydrogen-bond donors (Lipinski definition) is 0. The Labute approximate surface area is 516 Å². The van der Waals surface area contributed by atoms with Crippen LogP contribution in [0.2, 0.25) is 0 Å². The van der Waals surface area contributed by atoms with Gasteiger partial charge < -0.3 is 14.2 Å². The van der Waals surface area contributed by atoms with E-state index < -0.39 is 6.10 Å². The number of carbonyl (C=O) groups is 3. The van der Waals surface area contributed by atoms with Crippen molar-refractivity contribution in [2.24, 2.45) is 0 Å². The van der Waals surface area contributed by atoms with E-state index in [9.17, 15) is 14.4 Å². The highest BCUT2D eigenvalue weighted by Crippen LogP contribution is 2.17. The molecule has 0 fully saturated rings. The van der Waals surface area contributed by atoms with Crippen molar-refractivity contribution < 1.29 is 28.6 Å². The van der Waals surface area contributed by atoms with Crippen LogP contribution in [-0.2, 0) is 28.6 Å². The highest BCUT2D eigenvalue weighted by Gasteiger charge is 2.19. The lowest BCUT2D eigenvalue weighted by molar-refractivity contribution is -0.167. The molecule has 0 aromatic rings. The zero-order valence-corrected chi connectivity index (χ0v) is 55.5. The van der Waals surface area contributed by atoms with Gasteiger partial charge in [0.05, 0.1) is 0 Å². The molecule has 0 radical (unpaired) electrons. The van der Waals surface area contributed by atoms with Crippen LogP contribution in [0.3, 0.4) is 0 Å². The predicted molar refractivity (Wildman–Crippen MR) is 362 cm³/mol. The fourth-order valence-corrected chi connectivity index (χ4v) is 10.7. The van der Waals surface area contributed by atoms with Gasteiger partial charge >= 0.3 is 17.9 Å². The summed E-state index contributed by atoms with van der Waals surface area (Å²) in [5.74, 6) is -0.875. The van der Waals surface area contributed by atoms with E-state index in [1.807, 2.05) is 0 Å². The van der Waals surface area contributed by atoms with Gasteiger partial charge in [0.25, 0.3) is 0 Å². The number of rotatable bonds is 67. The van der Waals surface area contributed by atoms with Crippen LogP contribution >= 0.6 is 0 Å². The topological polar surface area (TPSA) is 78.9 Å². The zero-order chi connectivity index (χ0) is 59.9. The normalized spacial score (nSPS) is 12.5. The van der Waals surface area contributed by atoms with Gasteiger partial charge in [-0.05, 0) is 116 Å². The Bertz CT molecular complexity index is 1520. The van der Waals surface area contributed by atoms with Gasteiger partial charge in [-0.3, -0.25) is 14.4 Å². The summed E-state index contributed by atoms with van der Waals surface area (Å²) in [5.41, 5.74) is 0. The highest BCUT2D eigenvalue weighted by atomic mass is 16.6. The molecule has 6 heteroatoms. The molecule has 6 nitrogen and oxygen atoms in total. The molecule has 482 valence electrons. The molecular weight excluding hydrogens is 1020 g/mol.